The average Bonchev–Trinajstić information content (AvgIpc) is 2.48. The first-order chi connectivity index (χ1) is 9.85. The van der Waals surface area contributed by atoms with E-state index in [9.17, 15) is 0 Å². The molecule has 0 aliphatic rings. The van der Waals surface area contributed by atoms with Crippen molar-refractivity contribution in [3.8, 4) is 11.5 Å². The molecule has 0 aliphatic heterocycles. The van der Waals surface area contributed by atoms with E-state index in [2.05, 4.69) is 16.4 Å². The largest absolute Gasteiger partial charge is 0.456 e. The van der Waals surface area contributed by atoms with Crippen LogP contribution in [0, 0.1) is 0 Å². The fourth-order valence-electron chi connectivity index (χ4n) is 2.17. The van der Waals surface area contributed by atoms with Gasteiger partial charge in [0.05, 0.1) is 11.7 Å². The summed E-state index contributed by atoms with van der Waals surface area (Å²) in [5, 5.41) is 4.21. The van der Waals surface area contributed by atoms with E-state index in [4.69, 9.17) is 4.74 Å². The second kappa shape index (κ2) is 5.72. The number of hydrogen-bond acceptors (Lipinski definition) is 3. The van der Waals surface area contributed by atoms with Crippen molar-refractivity contribution in [1.29, 1.82) is 0 Å². The molecule has 0 unspecified atom stereocenters. The molecule has 0 saturated heterocycles. The third-order valence-electron chi connectivity index (χ3n) is 3.08. The van der Waals surface area contributed by atoms with Crippen molar-refractivity contribution in [2.45, 2.75) is 6.54 Å². The Morgan fingerprint density at radius 3 is 2.80 bits per heavy atom. The zero-order valence-corrected chi connectivity index (χ0v) is 11.3. The molecule has 3 heteroatoms. The molecule has 2 aromatic carbocycles. The first-order valence-electron chi connectivity index (χ1n) is 6.61. The van der Waals surface area contributed by atoms with E-state index < -0.39 is 0 Å². The number of nitrogens with one attached hydrogen (secondary N) is 1. The smallest absolute Gasteiger partial charge is 0.146 e. The van der Waals surface area contributed by atoms with Gasteiger partial charge in [-0.2, -0.15) is 0 Å². The Balaban J connectivity index is 1.87. The zero-order chi connectivity index (χ0) is 13.8. The van der Waals surface area contributed by atoms with Gasteiger partial charge < -0.3 is 10.1 Å². The van der Waals surface area contributed by atoms with Gasteiger partial charge in [-0.15, -0.1) is 0 Å². The van der Waals surface area contributed by atoms with Crippen molar-refractivity contribution in [3.05, 3.63) is 66.4 Å². The summed E-state index contributed by atoms with van der Waals surface area (Å²) in [4.78, 5) is 4.40. The van der Waals surface area contributed by atoms with Crippen LogP contribution in [-0.2, 0) is 6.54 Å². The number of nitrogens with zero attached hydrogens (tertiary/aromatic N) is 1. The number of benzene rings is 2. The molecule has 1 N–H and O–H groups in total. The normalized spacial score (nSPS) is 10.7. The fourth-order valence-corrected chi connectivity index (χ4v) is 2.17. The Bertz CT molecular complexity index is 725. The van der Waals surface area contributed by atoms with E-state index in [0.717, 1.165) is 28.9 Å². The number of pyridine rings is 1. The lowest BCUT2D eigenvalue weighted by atomic mass is 10.2. The van der Waals surface area contributed by atoms with Gasteiger partial charge in [0.1, 0.15) is 11.5 Å². The lowest BCUT2D eigenvalue weighted by Crippen LogP contribution is -2.04. The second-order valence-corrected chi connectivity index (χ2v) is 4.64. The minimum atomic E-state index is 0.755. The molecule has 0 spiro atoms. The van der Waals surface area contributed by atoms with Gasteiger partial charge in [-0.05, 0) is 36.9 Å². The molecule has 0 saturated carbocycles. The van der Waals surface area contributed by atoms with E-state index in [-0.39, 0.29) is 0 Å². The van der Waals surface area contributed by atoms with Gasteiger partial charge in [-0.1, -0.05) is 30.3 Å². The first-order valence-corrected chi connectivity index (χ1v) is 6.61. The standard InChI is InChI=1S/C17H16N2O/c1-18-11-13-5-4-7-15(9-13)20-16-10-14-6-2-3-8-17(14)19-12-16/h2-10,12,18H,11H2,1H3. The average molecular weight is 264 g/mol. The molecular formula is C17H16N2O. The number of hydrogen-bond donors (Lipinski definition) is 1. The highest BCUT2D eigenvalue weighted by molar-refractivity contribution is 5.79. The minimum Gasteiger partial charge on any atom is -0.456 e. The predicted molar refractivity (Wildman–Crippen MR) is 81.0 cm³/mol. The summed E-state index contributed by atoms with van der Waals surface area (Å²) in [5.74, 6) is 1.58. The monoisotopic (exact) mass is 264 g/mol. The van der Waals surface area contributed by atoms with Crippen molar-refractivity contribution in [2.24, 2.45) is 0 Å². The molecule has 3 aromatic rings. The van der Waals surface area contributed by atoms with E-state index in [1.54, 1.807) is 6.20 Å². The van der Waals surface area contributed by atoms with E-state index in [1.807, 2.05) is 55.6 Å². The Morgan fingerprint density at radius 1 is 1.00 bits per heavy atom. The minimum absolute atomic E-state index is 0.755. The van der Waals surface area contributed by atoms with Crippen LogP contribution in [0.25, 0.3) is 10.9 Å². The summed E-state index contributed by atoms with van der Waals surface area (Å²) in [6.07, 6.45) is 1.76. The van der Waals surface area contributed by atoms with Crippen molar-refractivity contribution in [2.75, 3.05) is 7.05 Å². The molecule has 1 heterocycles. The van der Waals surface area contributed by atoms with Crippen LogP contribution in [0.3, 0.4) is 0 Å². The van der Waals surface area contributed by atoms with Gasteiger partial charge in [0.2, 0.25) is 0 Å². The predicted octanol–water partition coefficient (Wildman–Crippen LogP) is 3.75. The maximum atomic E-state index is 5.88. The van der Waals surface area contributed by atoms with Gasteiger partial charge in [-0.3, -0.25) is 4.98 Å². The van der Waals surface area contributed by atoms with Crippen LogP contribution in [0.15, 0.2) is 60.8 Å². The highest BCUT2D eigenvalue weighted by Gasteiger charge is 2.01. The van der Waals surface area contributed by atoms with Gasteiger partial charge >= 0.3 is 0 Å². The summed E-state index contributed by atoms with van der Waals surface area (Å²) in [6.45, 7) is 0.827. The van der Waals surface area contributed by atoms with Crippen LogP contribution >= 0.6 is 0 Å². The Labute approximate surface area is 118 Å². The Morgan fingerprint density at radius 2 is 1.90 bits per heavy atom. The number of para-hydroxylation sites is 1. The number of fused-ring (bicyclic) bond motifs is 1. The molecule has 3 nitrogen and oxygen atoms in total. The molecule has 0 fully saturated rings. The molecule has 0 amide bonds. The van der Waals surface area contributed by atoms with Crippen LogP contribution < -0.4 is 10.1 Å². The molecule has 1 aromatic heterocycles. The van der Waals surface area contributed by atoms with Gasteiger partial charge in [0.15, 0.2) is 0 Å². The second-order valence-electron chi connectivity index (χ2n) is 4.64. The number of aromatic nitrogens is 1. The lowest BCUT2D eigenvalue weighted by molar-refractivity contribution is 0.480. The molecule has 3 rings (SSSR count). The zero-order valence-electron chi connectivity index (χ0n) is 11.3. The van der Waals surface area contributed by atoms with Gasteiger partial charge in [-0.25, -0.2) is 0 Å². The van der Waals surface area contributed by atoms with Crippen molar-refractivity contribution in [3.63, 3.8) is 0 Å². The van der Waals surface area contributed by atoms with E-state index in [0.29, 0.717) is 0 Å². The molecule has 0 radical (unpaired) electrons. The molecular weight excluding hydrogens is 248 g/mol. The summed E-state index contributed by atoms with van der Waals surface area (Å²) >= 11 is 0. The molecule has 0 atom stereocenters. The van der Waals surface area contributed by atoms with Crippen LogP contribution in [-0.4, -0.2) is 12.0 Å². The SMILES string of the molecule is CNCc1cccc(Oc2cnc3ccccc3c2)c1. The van der Waals surface area contributed by atoms with Gasteiger partial charge in [0, 0.05) is 11.9 Å². The number of ether oxygens (including phenoxy) is 1. The molecule has 0 bridgehead atoms. The number of rotatable bonds is 4. The summed E-state index contributed by atoms with van der Waals surface area (Å²) in [5.41, 5.74) is 2.17. The van der Waals surface area contributed by atoms with Gasteiger partial charge in [0.25, 0.3) is 0 Å². The lowest BCUT2D eigenvalue weighted by Gasteiger charge is -2.08. The molecule has 100 valence electrons. The van der Waals surface area contributed by atoms with E-state index in [1.165, 1.54) is 5.56 Å². The summed E-state index contributed by atoms with van der Waals surface area (Å²) in [6, 6.07) is 18.1. The summed E-state index contributed by atoms with van der Waals surface area (Å²) in [7, 11) is 1.93. The van der Waals surface area contributed by atoms with E-state index >= 15 is 0 Å². The van der Waals surface area contributed by atoms with Crippen LogP contribution in [0.1, 0.15) is 5.56 Å². The maximum Gasteiger partial charge on any atom is 0.146 e. The molecule has 20 heavy (non-hydrogen) atoms. The fraction of sp³-hybridized carbons (Fsp3) is 0.118. The summed E-state index contributed by atoms with van der Waals surface area (Å²) < 4.78 is 5.88. The van der Waals surface area contributed by atoms with Crippen molar-refractivity contribution >= 4 is 10.9 Å². The maximum absolute atomic E-state index is 5.88. The third kappa shape index (κ3) is 2.78. The third-order valence-corrected chi connectivity index (χ3v) is 3.08. The molecule has 0 aliphatic carbocycles. The quantitative estimate of drug-likeness (QED) is 0.779. The topological polar surface area (TPSA) is 34.1 Å². The van der Waals surface area contributed by atoms with Crippen molar-refractivity contribution in [1.82, 2.24) is 10.3 Å². The van der Waals surface area contributed by atoms with Crippen molar-refractivity contribution < 1.29 is 4.74 Å². The highest BCUT2D eigenvalue weighted by Crippen LogP contribution is 2.24. The first kappa shape index (κ1) is 12.6. The Hall–Kier alpha value is -2.39. The van der Waals surface area contributed by atoms with Crippen LogP contribution in [0.4, 0.5) is 0 Å². The van der Waals surface area contributed by atoms with Crippen LogP contribution in [0.2, 0.25) is 0 Å². The van der Waals surface area contributed by atoms with Crippen LogP contribution in [0.5, 0.6) is 11.5 Å². The Kier molecular flexibility index (Phi) is 3.61. The highest BCUT2D eigenvalue weighted by atomic mass is 16.5.